The molecule has 118 valence electrons. The van der Waals surface area contributed by atoms with Gasteiger partial charge in [-0.2, -0.15) is 0 Å². The molecule has 0 N–H and O–H groups in total. The highest BCUT2D eigenvalue weighted by Crippen LogP contribution is 2.09. The van der Waals surface area contributed by atoms with Crippen molar-refractivity contribution in [3.05, 3.63) is 53.7 Å². The fourth-order valence-corrected chi connectivity index (χ4v) is 1.89. The summed E-state index contributed by atoms with van der Waals surface area (Å²) < 4.78 is 20.8. The molecule has 1 aromatic heterocycles. The largest absolute Gasteiger partial charge is 0.464 e. The Morgan fingerprint density at radius 2 is 2.05 bits per heavy atom. The van der Waals surface area contributed by atoms with E-state index in [1.54, 1.807) is 7.11 Å². The minimum absolute atomic E-state index is 0.151. The Morgan fingerprint density at radius 3 is 2.73 bits per heavy atom. The molecule has 1 atom stereocenters. The van der Waals surface area contributed by atoms with E-state index in [9.17, 15) is 4.79 Å². The fraction of sp³-hybridized carbons (Fsp3) is 0.375. The van der Waals surface area contributed by atoms with Gasteiger partial charge in [0.05, 0.1) is 32.8 Å². The standard InChI is InChI=1S/C16H19NO5/c1-19-13(10-21-9-12-6-4-3-5-7-12)8-15-17-14(11-22-15)16(18)20-2/h3-7,11,13H,8-10H2,1-2H3. The molecule has 1 heterocycles. The molecule has 0 spiro atoms. The van der Waals surface area contributed by atoms with Crippen LogP contribution in [0.3, 0.4) is 0 Å². The Morgan fingerprint density at radius 1 is 1.27 bits per heavy atom. The first-order valence-electron chi connectivity index (χ1n) is 6.90. The number of esters is 1. The van der Waals surface area contributed by atoms with E-state index in [0.29, 0.717) is 25.5 Å². The average Bonchev–Trinajstić information content (AvgIpc) is 3.02. The van der Waals surface area contributed by atoms with Crippen LogP contribution < -0.4 is 0 Å². The maximum atomic E-state index is 11.3. The second kappa shape index (κ2) is 8.31. The molecule has 1 aromatic carbocycles. The highest BCUT2D eigenvalue weighted by Gasteiger charge is 2.16. The van der Waals surface area contributed by atoms with Crippen molar-refractivity contribution in [2.45, 2.75) is 19.1 Å². The van der Waals surface area contributed by atoms with E-state index >= 15 is 0 Å². The number of ether oxygens (including phenoxy) is 3. The Labute approximate surface area is 129 Å². The van der Waals surface area contributed by atoms with Gasteiger partial charge in [0.25, 0.3) is 0 Å². The van der Waals surface area contributed by atoms with Crippen LogP contribution in [0.2, 0.25) is 0 Å². The molecule has 0 aliphatic heterocycles. The summed E-state index contributed by atoms with van der Waals surface area (Å²) in [5.41, 5.74) is 1.25. The third-order valence-corrected chi connectivity index (χ3v) is 3.10. The average molecular weight is 305 g/mol. The fourth-order valence-electron chi connectivity index (χ4n) is 1.89. The number of hydrogen-bond donors (Lipinski definition) is 0. The van der Waals surface area contributed by atoms with Crippen LogP contribution in [0.1, 0.15) is 21.9 Å². The maximum Gasteiger partial charge on any atom is 0.360 e. The van der Waals surface area contributed by atoms with Crippen molar-refractivity contribution in [1.29, 1.82) is 0 Å². The zero-order valence-corrected chi connectivity index (χ0v) is 12.7. The molecule has 22 heavy (non-hydrogen) atoms. The molecular weight excluding hydrogens is 286 g/mol. The molecule has 2 aromatic rings. The quantitative estimate of drug-likeness (QED) is 0.697. The molecule has 6 nitrogen and oxygen atoms in total. The summed E-state index contributed by atoms with van der Waals surface area (Å²) in [7, 11) is 2.90. The highest BCUT2D eigenvalue weighted by molar-refractivity contribution is 5.86. The number of nitrogens with zero attached hydrogens (tertiary/aromatic N) is 1. The lowest BCUT2D eigenvalue weighted by Gasteiger charge is -2.13. The molecule has 0 saturated carbocycles. The Kier molecular flexibility index (Phi) is 6.12. The first-order chi connectivity index (χ1) is 10.7. The highest BCUT2D eigenvalue weighted by atomic mass is 16.5. The molecule has 1 unspecified atom stereocenters. The van der Waals surface area contributed by atoms with Gasteiger partial charge in [-0.15, -0.1) is 0 Å². The lowest BCUT2D eigenvalue weighted by Crippen LogP contribution is -2.21. The topological polar surface area (TPSA) is 70.8 Å². The summed E-state index contributed by atoms with van der Waals surface area (Å²) in [6, 6.07) is 9.89. The zero-order chi connectivity index (χ0) is 15.8. The van der Waals surface area contributed by atoms with Crippen LogP contribution in [-0.4, -0.2) is 37.9 Å². The van der Waals surface area contributed by atoms with E-state index in [4.69, 9.17) is 13.9 Å². The number of carbonyl (C=O) groups is 1. The number of hydrogen-bond acceptors (Lipinski definition) is 6. The van der Waals surface area contributed by atoms with Gasteiger partial charge in [-0.05, 0) is 5.56 Å². The number of rotatable bonds is 8. The van der Waals surface area contributed by atoms with Gasteiger partial charge in [0.2, 0.25) is 0 Å². The number of carbonyl (C=O) groups excluding carboxylic acids is 1. The van der Waals surface area contributed by atoms with E-state index in [1.165, 1.54) is 13.4 Å². The second-order valence-electron chi connectivity index (χ2n) is 4.68. The third kappa shape index (κ3) is 4.68. The number of benzene rings is 1. The summed E-state index contributed by atoms with van der Waals surface area (Å²) in [6.07, 6.45) is 1.49. The summed E-state index contributed by atoms with van der Waals surface area (Å²) >= 11 is 0. The van der Waals surface area contributed by atoms with Gasteiger partial charge in [-0.3, -0.25) is 0 Å². The molecule has 2 rings (SSSR count). The van der Waals surface area contributed by atoms with Crippen LogP contribution in [0.25, 0.3) is 0 Å². The van der Waals surface area contributed by atoms with Crippen molar-refractivity contribution in [1.82, 2.24) is 4.98 Å². The molecule has 0 fully saturated rings. The van der Waals surface area contributed by atoms with Crippen LogP contribution in [0, 0.1) is 0 Å². The minimum atomic E-state index is -0.524. The van der Waals surface area contributed by atoms with Crippen molar-refractivity contribution in [3.8, 4) is 0 Å². The predicted octanol–water partition coefficient (Wildman–Crippen LogP) is 2.24. The molecule has 0 aliphatic rings. The van der Waals surface area contributed by atoms with Crippen LogP contribution >= 0.6 is 0 Å². The van der Waals surface area contributed by atoms with Crippen LogP contribution in [-0.2, 0) is 27.2 Å². The lowest BCUT2D eigenvalue weighted by atomic mass is 10.2. The van der Waals surface area contributed by atoms with Gasteiger partial charge >= 0.3 is 5.97 Å². The van der Waals surface area contributed by atoms with Crippen molar-refractivity contribution < 1.29 is 23.4 Å². The molecule has 0 aliphatic carbocycles. The summed E-state index contributed by atoms with van der Waals surface area (Å²) in [4.78, 5) is 15.4. The number of oxazole rings is 1. The van der Waals surface area contributed by atoms with E-state index < -0.39 is 5.97 Å². The predicted molar refractivity (Wildman–Crippen MR) is 78.4 cm³/mol. The van der Waals surface area contributed by atoms with E-state index in [1.807, 2.05) is 30.3 Å². The van der Waals surface area contributed by atoms with Crippen molar-refractivity contribution in [2.75, 3.05) is 20.8 Å². The number of methoxy groups -OCH3 is 2. The van der Waals surface area contributed by atoms with Gasteiger partial charge in [-0.1, -0.05) is 30.3 Å². The van der Waals surface area contributed by atoms with Crippen molar-refractivity contribution in [2.24, 2.45) is 0 Å². The Balaban J connectivity index is 1.81. The Bertz CT molecular complexity index is 581. The monoisotopic (exact) mass is 305 g/mol. The normalized spacial score (nSPS) is 12.1. The first kappa shape index (κ1) is 16.2. The van der Waals surface area contributed by atoms with Gasteiger partial charge < -0.3 is 18.6 Å². The van der Waals surface area contributed by atoms with E-state index in [0.717, 1.165) is 5.56 Å². The lowest BCUT2D eigenvalue weighted by molar-refractivity contribution is -0.000296. The van der Waals surface area contributed by atoms with E-state index in [2.05, 4.69) is 9.72 Å². The first-order valence-corrected chi connectivity index (χ1v) is 6.90. The number of aromatic nitrogens is 1. The maximum absolute atomic E-state index is 11.3. The summed E-state index contributed by atoms with van der Waals surface area (Å²) in [6.45, 7) is 0.918. The van der Waals surface area contributed by atoms with Crippen molar-refractivity contribution >= 4 is 5.97 Å². The van der Waals surface area contributed by atoms with E-state index in [-0.39, 0.29) is 11.8 Å². The van der Waals surface area contributed by atoms with Crippen LogP contribution in [0.15, 0.2) is 41.0 Å². The molecular formula is C16H19NO5. The minimum Gasteiger partial charge on any atom is -0.464 e. The molecule has 0 amide bonds. The third-order valence-electron chi connectivity index (χ3n) is 3.10. The Hall–Kier alpha value is -2.18. The second-order valence-corrected chi connectivity index (χ2v) is 4.68. The van der Waals surface area contributed by atoms with Gasteiger partial charge in [0.1, 0.15) is 6.26 Å². The molecule has 0 radical (unpaired) electrons. The molecule has 0 saturated heterocycles. The van der Waals surface area contributed by atoms with Crippen LogP contribution in [0.4, 0.5) is 0 Å². The SMILES string of the molecule is COC(=O)c1coc(CC(COCc2ccccc2)OC)n1. The smallest absolute Gasteiger partial charge is 0.360 e. The summed E-state index contributed by atoms with van der Waals surface area (Å²) in [5.74, 6) is -0.111. The van der Waals surface area contributed by atoms with Gasteiger partial charge in [0.15, 0.2) is 11.6 Å². The zero-order valence-electron chi connectivity index (χ0n) is 12.7. The summed E-state index contributed by atoms with van der Waals surface area (Å²) in [5, 5.41) is 0. The van der Waals surface area contributed by atoms with Crippen LogP contribution in [0.5, 0.6) is 0 Å². The van der Waals surface area contributed by atoms with Crippen molar-refractivity contribution in [3.63, 3.8) is 0 Å². The van der Waals surface area contributed by atoms with Gasteiger partial charge in [0, 0.05) is 7.11 Å². The molecule has 0 bridgehead atoms. The van der Waals surface area contributed by atoms with Gasteiger partial charge in [-0.25, -0.2) is 9.78 Å². The molecule has 6 heteroatoms.